The summed E-state index contributed by atoms with van der Waals surface area (Å²) >= 11 is 11.7. The highest BCUT2D eigenvalue weighted by molar-refractivity contribution is 6.35. The third-order valence-electron chi connectivity index (χ3n) is 2.04. The fraction of sp³-hybridized carbons (Fsp3) is 0.100. The van der Waals surface area contributed by atoms with E-state index in [0.717, 1.165) is 5.39 Å². The number of phenols is 1. The lowest BCUT2D eigenvalue weighted by molar-refractivity contribution is 0.475. The van der Waals surface area contributed by atoms with E-state index in [2.05, 4.69) is 4.98 Å². The van der Waals surface area contributed by atoms with E-state index in [0.29, 0.717) is 16.1 Å². The van der Waals surface area contributed by atoms with E-state index in [4.69, 9.17) is 23.2 Å². The minimum atomic E-state index is 0.111. The molecular formula is C10H7Cl2NO. The minimum Gasteiger partial charge on any atom is -0.505 e. The molecule has 0 atom stereocenters. The number of alkyl halides is 1. The van der Waals surface area contributed by atoms with Crippen molar-refractivity contribution in [3.05, 3.63) is 35.0 Å². The summed E-state index contributed by atoms with van der Waals surface area (Å²) in [5.74, 6) is 0.331. The number of hydrogen-bond donors (Lipinski definition) is 1. The Morgan fingerprint density at radius 3 is 2.93 bits per heavy atom. The topological polar surface area (TPSA) is 33.1 Å². The van der Waals surface area contributed by atoms with Crippen LogP contribution >= 0.6 is 23.2 Å². The van der Waals surface area contributed by atoms with Crippen molar-refractivity contribution in [1.29, 1.82) is 0 Å². The maximum absolute atomic E-state index is 9.77. The zero-order chi connectivity index (χ0) is 10.1. The van der Waals surface area contributed by atoms with Crippen LogP contribution in [0.15, 0.2) is 24.4 Å². The standard InChI is InChI=1S/C10H7Cl2NO/c11-5-6-4-8(12)7-2-1-3-13-9(7)10(6)14/h1-4,14H,5H2. The fourth-order valence-electron chi connectivity index (χ4n) is 1.34. The van der Waals surface area contributed by atoms with Crippen molar-refractivity contribution < 1.29 is 5.11 Å². The molecule has 1 N–H and O–H groups in total. The lowest BCUT2D eigenvalue weighted by atomic mass is 10.1. The summed E-state index contributed by atoms with van der Waals surface area (Å²) in [6, 6.07) is 5.24. The van der Waals surface area contributed by atoms with E-state index in [1.54, 1.807) is 18.3 Å². The molecule has 1 aromatic carbocycles. The van der Waals surface area contributed by atoms with Gasteiger partial charge in [-0.25, -0.2) is 0 Å². The van der Waals surface area contributed by atoms with Crippen LogP contribution in [0.25, 0.3) is 10.9 Å². The summed E-state index contributed by atoms with van der Waals surface area (Å²) < 4.78 is 0. The molecule has 4 heteroatoms. The fourth-order valence-corrected chi connectivity index (χ4v) is 1.83. The average Bonchev–Trinajstić information content (AvgIpc) is 2.23. The molecule has 0 saturated heterocycles. The summed E-state index contributed by atoms with van der Waals surface area (Å²) in [5, 5.41) is 11.1. The van der Waals surface area contributed by atoms with E-state index in [-0.39, 0.29) is 11.6 Å². The first-order valence-corrected chi connectivity index (χ1v) is 4.96. The number of phenolic OH excluding ortho intramolecular Hbond substituents is 1. The lowest BCUT2D eigenvalue weighted by Gasteiger charge is -2.06. The van der Waals surface area contributed by atoms with Crippen molar-refractivity contribution >= 4 is 34.1 Å². The number of rotatable bonds is 1. The van der Waals surface area contributed by atoms with Crippen molar-refractivity contribution in [3.8, 4) is 5.75 Å². The van der Waals surface area contributed by atoms with Crippen LogP contribution in [0.3, 0.4) is 0 Å². The number of benzene rings is 1. The number of hydrogen-bond acceptors (Lipinski definition) is 2. The van der Waals surface area contributed by atoms with Crippen LogP contribution in [-0.4, -0.2) is 10.1 Å². The van der Waals surface area contributed by atoms with Crippen LogP contribution in [0.4, 0.5) is 0 Å². The molecule has 0 aliphatic heterocycles. The molecule has 72 valence electrons. The molecule has 0 spiro atoms. The zero-order valence-corrected chi connectivity index (χ0v) is 8.68. The Hall–Kier alpha value is -0.990. The van der Waals surface area contributed by atoms with Crippen molar-refractivity contribution in [2.45, 2.75) is 5.88 Å². The quantitative estimate of drug-likeness (QED) is 0.759. The molecule has 0 radical (unpaired) electrons. The lowest BCUT2D eigenvalue weighted by Crippen LogP contribution is -1.86. The van der Waals surface area contributed by atoms with E-state index < -0.39 is 0 Å². The zero-order valence-electron chi connectivity index (χ0n) is 7.17. The summed E-state index contributed by atoms with van der Waals surface area (Å²) in [6.07, 6.45) is 1.61. The molecule has 2 rings (SSSR count). The van der Waals surface area contributed by atoms with Gasteiger partial charge in [-0.3, -0.25) is 4.98 Å². The number of pyridine rings is 1. The SMILES string of the molecule is Oc1c(CCl)cc(Cl)c2cccnc12. The number of fused-ring (bicyclic) bond motifs is 1. The highest BCUT2D eigenvalue weighted by atomic mass is 35.5. The van der Waals surface area contributed by atoms with Crippen LogP contribution in [0.1, 0.15) is 5.56 Å². The molecule has 1 heterocycles. The van der Waals surface area contributed by atoms with Crippen molar-refractivity contribution in [2.75, 3.05) is 0 Å². The summed E-state index contributed by atoms with van der Waals surface area (Å²) in [4.78, 5) is 4.06. The number of aromatic hydroxyl groups is 1. The van der Waals surface area contributed by atoms with Crippen LogP contribution in [0.2, 0.25) is 5.02 Å². The van der Waals surface area contributed by atoms with Crippen molar-refractivity contribution in [2.24, 2.45) is 0 Å². The number of aromatic nitrogens is 1. The molecular weight excluding hydrogens is 221 g/mol. The van der Waals surface area contributed by atoms with Gasteiger partial charge in [0.25, 0.3) is 0 Å². The smallest absolute Gasteiger partial charge is 0.146 e. The predicted octanol–water partition coefficient (Wildman–Crippen LogP) is 3.33. The largest absolute Gasteiger partial charge is 0.505 e. The van der Waals surface area contributed by atoms with Gasteiger partial charge in [0.1, 0.15) is 11.3 Å². The second-order valence-electron chi connectivity index (χ2n) is 2.90. The van der Waals surface area contributed by atoms with Crippen LogP contribution in [-0.2, 0) is 5.88 Å². The van der Waals surface area contributed by atoms with Gasteiger partial charge in [-0.05, 0) is 18.2 Å². The van der Waals surface area contributed by atoms with Gasteiger partial charge >= 0.3 is 0 Å². The van der Waals surface area contributed by atoms with Gasteiger partial charge in [0.05, 0.1) is 10.9 Å². The Morgan fingerprint density at radius 2 is 2.21 bits per heavy atom. The van der Waals surface area contributed by atoms with E-state index in [1.807, 2.05) is 6.07 Å². The van der Waals surface area contributed by atoms with Gasteiger partial charge in [-0.2, -0.15) is 0 Å². The highest BCUT2D eigenvalue weighted by Crippen LogP contribution is 2.33. The number of nitrogens with zero attached hydrogens (tertiary/aromatic N) is 1. The van der Waals surface area contributed by atoms with Gasteiger partial charge in [-0.15, -0.1) is 11.6 Å². The highest BCUT2D eigenvalue weighted by Gasteiger charge is 2.09. The van der Waals surface area contributed by atoms with Crippen molar-refractivity contribution in [1.82, 2.24) is 4.98 Å². The second kappa shape index (κ2) is 3.64. The van der Waals surface area contributed by atoms with Gasteiger partial charge in [0.2, 0.25) is 0 Å². The molecule has 0 fully saturated rings. The Kier molecular flexibility index (Phi) is 2.48. The summed E-state index contributed by atoms with van der Waals surface area (Å²) in [6.45, 7) is 0. The van der Waals surface area contributed by atoms with Gasteiger partial charge < -0.3 is 5.11 Å². The molecule has 2 aromatic rings. The van der Waals surface area contributed by atoms with E-state index in [1.165, 1.54) is 0 Å². The maximum atomic E-state index is 9.77. The van der Waals surface area contributed by atoms with Crippen LogP contribution < -0.4 is 0 Å². The molecule has 0 saturated carbocycles. The summed E-state index contributed by atoms with van der Waals surface area (Å²) in [7, 11) is 0. The Labute approximate surface area is 91.1 Å². The van der Waals surface area contributed by atoms with Crippen LogP contribution in [0, 0.1) is 0 Å². The third kappa shape index (κ3) is 1.41. The molecule has 2 nitrogen and oxygen atoms in total. The van der Waals surface area contributed by atoms with Gasteiger partial charge in [0.15, 0.2) is 0 Å². The van der Waals surface area contributed by atoms with E-state index in [9.17, 15) is 5.11 Å². The normalized spacial score (nSPS) is 10.7. The molecule has 0 unspecified atom stereocenters. The first-order chi connectivity index (χ1) is 6.74. The number of halogens is 2. The van der Waals surface area contributed by atoms with Crippen molar-refractivity contribution in [3.63, 3.8) is 0 Å². The maximum Gasteiger partial charge on any atom is 0.146 e. The first-order valence-electron chi connectivity index (χ1n) is 4.05. The van der Waals surface area contributed by atoms with Crippen LogP contribution in [0.5, 0.6) is 5.75 Å². The monoisotopic (exact) mass is 227 g/mol. The Bertz CT molecular complexity index is 485. The predicted molar refractivity (Wildman–Crippen MR) is 58.0 cm³/mol. The molecule has 1 aromatic heterocycles. The molecule has 0 bridgehead atoms. The second-order valence-corrected chi connectivity index (χ2v) is 3.57. The third-order valence-corrected chi connectivity index (χ3v) is 2.64. The average molecular weight is 228 g/mol. The Balaban J connectivity index is 2.87. The van der Waals surface area contributed by atoms with E-state index >= 15 is 0 Å². The van der Waals surface area contributed by atoms with Gasteiger partial charge in [0, 0.05) is 17.1 Å². The summed E-state index contributed by atoms with van der Waals surface area (Å²) in [5.41, 5.74) is 1.10. The Morgan fingerprint density at radius 1 is 1.43 bits per heavy atom. The molecule has 0 amide bonds. The first kappa shape index (κ1) is 9.56. The van der Waals surface area contributed by atoms with Gasteiger partial charge in [-0.1, -0.05) is 11.6 Å². The minimum absolute atomic E-state index is 0.111. The molecule has 14 heavy (non-hydrogen) atoms. The molecule has 0 aliphatic rings. The molecule has 0 aliphatic carbocycles.